The van der Waals surface area contributed by atoms with Crippen molar-refractivity contribution in [2.45, 2.75) is 31.6 Å². The Morgan fingerprint density at radius 1 is 1.38 bits per heavy atom. The first kappa shape index (κ1) is 17.0. The van der Waals surface area contributed by atoms with Crippen molar-refractivity contribution in [2.24, 2.45) is 5.11 Å². The highest BCUT2D eigenvalue weighted by Gasteiger charge is 2.40. The number of ether oxygens (including phenoxy) is 1. The first-order valence-electron chi connectivity index (χ1n) is 6.79. The normalized spacial score (nSPS) is 14.3. The van der Waals surface area contributed by atoms with E-state index in [4.69, 9.17) is 10.3 Å². The summed E-state index contributed by atoms with van der Waals surface area (Å²) in [5.74, 6) is -0.493. The Labute approximate surface area is 126 Å². The van der Waals surface area contributed by atoms with Crippen LogP contribution in [0.5, 0.6) is 0 Å². The molecule has 0 amide bonds. The molecule has 1 aromatic carbocycles. The van der Waals surface area contributed by atoms with Crippen LogP contribution in [0.4, 0.5) is 0 Å². The molecule has 2 atom stereocenters. The summed E-state index contributed by atoms with van der Waals surface area (Å²) in [5, 5.41) is 4.90. The molecular weight excluding hydrogens is 282 g/mol. The SMILES string of the molecule is C/C=C/[C@H]([C@@H](N=[N+]=[N-])C(=O)OC)[Si](C)(C)c1ccccc1. The predicted octanol–water partition coefficient (Wildman–Crippen LogP) is 3.40. The van der Waals surface area contributed by atoms with Crippen LogP contribution in [0.25, 0.3) is 10.4 Å². The Bertz CT molecular complexity index is 551. The van der Waals surface area contributed by atoms with Crippen LogP contribution in [0, 0.1) is 0 Å². The number of nitrogens with zero attached hydrogens (tertiary/aromatic N) is 3. The summed E-state index contributed by atoms with van der Waals surface area (Å²) in [6.45, 7) is 6.22. The summed E-state index contributed by atoms with van der Waals surface area (Å²) in [5.41, 5.74) is 8.62. The van der Waals surface area contributed by atoms with E-state index in [0.29, 0.717) is 0 Å². The molecule has 5 nitrogen and oxygen atoms in total. The highest BCUT2D eigenvalue weighted by atomic mass is 28.3. The zero-order valence-electron chi connectivity index (χ0n) is 12.9. The quantitative estimate of drug-likeness (QED) is 0.202. The number of hydrogen-bond acceptors (Lipinski definition) is 3. The smallest absolute Gasteiger partial charge is 0.314 e. The monoisotopic (exact) mass is 303 g/mol. The van der Waals surface area contributed by atoms with Gasteiger partial charge in [0.15, 0.2) is 0 Å². The lowest BCUT2D eigenvalue weighted by Crippen LogP contribution is -2.50. The van der Waals surface area contributed by atoms with Crippen LogP contribution in [0.2, 0.25) is 18.6 Å². The fraction of sp³-hybridized carbons (Fsp3) is 0.400. The van der Waals surface area contributed by atoms with Gasteiger partial charge in [-0.15, -0.1) is 0 Å². The topological polar surface area (TPSA) is 75.1 Å². The molecule has 112 valence electrons. The van der Waals surface area contributed by atoms with Crippen molar-refractivity contribution in [3.05, 3.63) is 52.9 Å². The van der Waals surface area contributed by atoms with E-state index in [9.17, 15) is 4.79 Å². The van der Waals surface area contributed by atoms with Crippen LogP contribution in [0.15, 0.2) is 47.6 Å². The molecule has 0 fully saturated rings. The number of methoxy groups -OCH3 is 1. The molecule has 0 aliphatic heterocycles. The Balaban J connectivity index is 3.32. The van der Waals surface area contributed by atoms with Crippen LogP contribution in [-0.2, 0) is 9.53 Å². The molecule has 0 spiro atoms. The Hall–Kier alpha value is -2.04. The third kappa shape index (κ3) is 3.97. The summed E-state index contributed by atoms with van der Waals surface area (Å²) in [7, 11) is -0.750. The molecule has 0 bridgehead atoms. The number of carbonyl (C=O) groups is 1. The van der Waals surface area contributed by atoms with Crippen molar-refractivity contribution in [3.63, 3.8) is 0 Å². The summed E-state index contributed by atoms with van der Waals surface area (Å²) < 4.78 is 4.81. The van der Waals surface area contributed by atoms with Crippen molar-refractivity contribution < 1.29 is 9.53 Å². The Morgan fingerprint density at radius 2 is 2.00 bits per heavy atom. The van der Waals surface area contributed by atoms with Crippen molar-refractivity contribution in [2.75, 3.05) is 7.11 Å². The number of esters is 1. The maximum atomic E-state index is 12.0. The van der Waals surface area contributed by atoms with E-state index in [0.717, 1.165) is 0 Å². The van der Waals surface area contributed by atoms with Gasteiger partial charge in [0.25, 0.3) is 0 Å². The van der Waals surface area contributed by atoms with E-state index < -0.39 is 20.1 Å². The highest BCUT2D eigenvalue weighted by Crippen LogP contribution is 2.30. The molecule has 0 aromatic heterocycles. The standard InChI is InChI=1S/C15H21N3O2Si/c1-5-9-13(14(17-18-16)15(19)20-2)21(3,4)12-10-7-6-8-11-12/h5-11,13-14H,1-4H3/b9-5+/t13-,14-/m1/s1. The molecule has 1 rings (SSSR count). The number of azide groups is 1. The summed E-state index contributed by atoms with van der Waals surface area (Å²) in [4.78, 5) is 14.8. The first-order valence-corrected chi connectivity index (χ1v) is 9.87. The minimum absolute atomic E-state index is 0.159. The van der Waals surface area contributed by atoms with Crippen molar-refractivity contribution in [1.29, 1.82) is 0 Å². The average molecular weight is 303 g/mol. The van der Waals surface area contributed by atoms with Gasteiger partial charge in [-0.1, -0.05) is 65.9 Å². The Morgan fingerprint density at radius 3 is 2.48 bits per heavy atom. The zero-order valence-corrected chi connectivity index (χ0v) is 13.9. The number of rotatable bonds is 6. The average Bonchev–Trinajstić information content (AvgIpc) is 2.50. The second-order valence-electron chi connectivity index (χ2n) is 5.31. The van der Waals surface area contributed by atoms with E-state index in [1.165, 1.54) is 12.3 Å². The maximum Gasteiger partial charge on any atom is 0.314 e. The lowest BCUT2D eigenvalue weighted by molar-refractivity contribution is -0.142. The van der Waals surface area contributed by atoms with Crippen LogP contribution in [0.1, 0.15) is 6.92 Å². The minimum Gasteiger partial charge on any atom is -0.469 e. The van der Waals surface area contributed by atoms with Gasteiger partial charge in [0, 0.05) is 4.91 Å². The molecule has 0 saturated carbocycles. The van der Waals surface area contributed by atoms with Gasteiger partial charge in [0.05, 0.1) is 15.2 Å². The molecule has 1 aromatic rings. The van der Waals surface area contributed by atoms with E-state index in [1.54, 1.807) is 0 Å². The van der Waals surface area contributed by atoms with Gasteiger partial charge in [-0.3, -0.25) is 4.79 Å². The van der Waals surface area contributed by atoms with E-state index in [-0.39, 0.29) is 5.54 Å². The second kappa shape index (κ2) is 7.66. The molecule has 0 N–H and O–H groups in total. The molecule has 0 unspecified atom stereocenters. The number of hydrogen-bond donors (Lipinski definition) is 0. The number of allylic oxidation sites excluding steroid dienone is 1. The van der Waals surface area contributed by atoms with Gasteiger partial charge in [0.2, 0.25) is 0 Å². The molecule has 0 aliphatic carbocycles. The summed E-state index contributed by atoms with van der Waals surface area (Å²) in [6.07, 6.45) is 3.85. The minimum atomic E-state index is -2.06. The molecule has 0 saturated heterocycles. The Kier molecular flexibility index (Phi) is 6.21. The zero-order chi connectivity index (χ0) is 15.9. The van der Waals surface area contributed by atoms with E-state index in [2.05, 4.69) is 35.3 Å². The van der Waals surface area contributed by atoms with E-state index in [1.807, 2.05) is 37.3 Å². The third-order valence-corrected chi connectivity index (χ3v) is 7.71. The molecule has 21 heavy (non-hydrogen) atoms. The van der Waals surface area contributed by atoms with Crippen molar-refractivity contribution in [1.82, 2.24) is 0 Å². The third-order valence-electron chi connectivity index (χ3n) is 3.71. The number of carbonyl (C=O) groups excluding carboxylic acids is 1. The lowest BCUT2D eigenvalue weighted by Gasteiger charge is -2.33. The number of benzene rings is 1. The van der Waals surface area contributed by atoms with Gasteiger partial charge in [-0.25, -0.2) is 0 Å². The van der Waals surface area contributed by atoms with Gasteiger partial charge < -0.3 is 4.74 Å². The fourth-order valence-corrected chi connectivity index (χ4v) is 5.55. The van der Waals surface area contributed by atoms with Gasteiger partial charge in [-0.05, 0) is 18.0 Å². The van der Waals surface area contributed by atoms with Crippen LogP contribution >= 0.6 is 0 Å². The van der Waals surface area contributed by atoms with E-state index >= 15 is 0 Å². The molecule has 0 radical (unpaired) electrons. The van der Waals surface area contributed by atoms with Gasteiger partial charge >= 0.3 is 5.97 Å². The molecule has 0 heterocycles. The first-order chi connectivity index (χ1) is 9.98. The van der Waals surface area contributed by atoms with Crippen molar-refractivity contribution in [3.8, 4) is 0 Å². The van der Waals surface area contributed by atoms with Crippen LogP contribution < -0.4 is 5.19 Å². The second-order valence-corrected chi connectivity index (χ2v) is 10.00. The maximum absolute atomic E-state index is 12.0. The predicted molar refractivity (Wildman–Crippen MR) is 87.1 cm³/mol. The molecular formula is C15H21N3O2Si. The van der Waals surface area contributed by atoms with Gasteiger partial charge in [0.1, 0.15) is 6.04 Å². The fourth-order valence-electron chi connectivity index (χ4n) is 2.45. The van der Waals surface area contributed by atoms with Gasteiger partial charge in [-0.2, -0.15) is 0 Å². The van der Waals surface area contributed by atoms with Crippen LogP contribution in [-0.4, -0.2) is 27.2 Å². The summed E-state index contributed by atoms with van der Waals surface area (Å²) in [6, 6.07) is 9.22. The van der Waals surface area contributed by atoms with Crippen molar-refractivity contribution >= 4 is 19.2 Å². The molecule has 0 aliphatic rings. The van der Waals surface area contributed by atoms with Crippen LogP contribution in [0.3, 0.4) is 0 Å². The lowest BCUT2D eigenvalue weighted by atomic mass is 10.2. The largest absolute Gasteiger partial charge is 0.469 e. The molecule has 6 heteroatoms. The summed E-state index contributed by atoms with van der Waals surface area (Å²) >= 11 is 0. The highest BCUT2D eigenvalue weighted by molar-refractivity contribution is 6.91.